The number of carbonyl (C=O) groups is 1. The molecule has 0 spiro atoms. The molecule has 1 aliphatic heterocycles. The molecule has 2 rings (SSSR count). The minimum atomic E-state index is -0.0774. The van der Waals surface area contributed by atoms with Crippen molar-refractivity contribution in [2.75, 3.05) is 39.4 Å². The number of rotatable bonds is 5. The van der Waals surface area contributed by atoms with Crippen LogP contribution in [0.25, 0.3) is 0 Å². The molecule has 0 saturated carbocycles. The van der Waals surface area contributed by atoms with Crippen molar-refractivity contribution >= 4 is 27.8 Å². The van der Waals surface area contributed by atoms with Gasteiger partial charge in [0.15, 0.2) is 5.96 Å². The number of morpholine rings is 1. The van der Waals surface area contributed by atoms with Crippen LogP contribution < -0.4 is 11.1 Å². The Labute approximate surface area is 138 Å². The Morgan fingerprint density at radius 1 is 1.41 bits per heavy atom. The van der Waals surface area contributed by atoms with E-state index in [1.165, 1.54) is 0 Å². The first-order valence-corrected chi connectivity index (χ1v) is 8.12. The Kier molecular flexibility index (Phi) is 6.67. The number of benzene rings is 1. The van der Waals surface area contributed by atoms with Crippen molar-refractivity contribution in [1.82, 2.24) is 10.2 Å². The van der Waals surface area contributed by atoms with Crippen molar-refractivity contribution in [1.29, 1.82) is 0 Å². The average Bonchev–Trinajstić information content (AvgIpc) is 2.55. The van der Waals surface area contributed by atoms with Gasteiger partial charge in [0, 0.05) is 36.2 Å². The number of ether oxygens (including phenoxy) is 1. The maximum Gasteiger partial charge on any atom is 0.251 e. The summed E-state index contributed by atoms with van der Waals surface area (Å²) in [6.45, 7) is 4.13. The number of hydrogen-bond donors (Lipinski definition) is 2. The highest BCUT2D eigenvalue weighted by Crippen LogP contribution is 2.11. The molecule has 0 atom stereocenters. The van der Waals surface area contributed by atoms with Crippen LogP contribution in [-0.4, -0.2) is 56.2 Å². The molecular weight excluding hydrogens is 348 g/mol. The fourth-order valence-electron chi connectivity index (χ4n) is 2.10. The van der Waals surface area contributed by atoms with Crippen LogP contribution in [0.4, 0.5) is 0 Å². The molecule has 0 unspecified atom stereocenters. The van der Waals surface area contributed by atoms with Crippen LogP contribution in [0, 0.1) is 0 Å². The lowest BCUT2D eigenvalue weighted by atomic mass is 10.2. The fraction of sp³-hybridized carbons (Fsp3) is 0.467. The molecular formula is C15H21BrN4O2. The van der Waals surface area contributed by atoms with Crippen LogP contribution >= 0.6 is 15.9 Å². The summed E-state index contributed by atoms with van der Waals surface area (Å²) in [5.41, 5.74) is 6.57. The van der Waals surface area contributed by atoms with Gasteiger partial charge >= 0.3 is 0 Å². The van der Waals surface area contributed by atoms with E-state index >= 15 is 0 Å². The van der Waals surface area contributed by atoms with Crippen LogP contribution in [0.3, 0.4) is 0 Å². The molecule has 1 fully saturated rings. The van der Waals surface area contributed by atoms with E-state index < -0.39 is 0 Å². The Morgan fingerprint density at radius 2 is 2.18 bits per heavy atom. The molecule has 0 aliphatic carbocycles. The first kappa shape index (κ1) is 16.8. The first-order chi connectivity index (χ1) is 10.7. The lowest BCUT2D eigenvalue weighted by molar-refractivity contribution is 0.0674. The molecule has 0 aromatic heterocycles. The second kappa shape index (κ2) is 8.75. The third-order valence-electron chi connectivity index (χ3n) is 3.32. The van der Waals surface area contributed by atoms with E-state index in [9.17, 15) is 4.79 Å². The monoisotopic (exact) mass is 368 g/mol. The Balaban J connectivity index is 1.67. The number of aliphatic imine (C=N–C) groups is 1. The number of halogens is 1. The Morgan fingerprint density at radius 3 is 2.91 bits per heavy atom. The summed E-state index contributed by atoms with van der Waals surface area (Å²) in [5, 5.41) is 2.88. The second-order valence-electron chi connectivity index (χ2n) is 4.96. The maximum atomic E-state index is 11.9. The molecule has 1 aliphatic rings. The zero-order valence-corrected chi connectivity index (χ0v) is 14.0. The number of nitrogens with one attached hydrogen (secondary N) is 1. The fourth-order valence-corrected chi connectivity index (χ4v) is 2.50. The highest BCUT2D eigenvalue weighted by Gasteiger charge is 2.11. The summed E-state index contributed by atoms with van der Waals surface area (Å²) in [6.07, 6.45) is 0.755. The van der Waals surface area contributed by atoms with E-state index in [4.69, 9.17) is 10.5 Å². The molecule has 3 N–H and O–H groups in total. The van der Waals surface area contributed by atoms with Crippen LogP contribution in [0.15, 0.2) is 33.7 Å². The van der Waals surface area contributed by atoms with Gasteiger partial charge in [-0.15, -0.1) is 0 Å². The summed E-state index contributed by atoms with van der Waals surface area (Å²) >= 11 is 3.35. The molecule has 120 valence electrons. The average molecular weight is 369 g/mol. The minimum Gasteiger partial charge on any atom is -0.378 e. The van der Waals surface area contributed by atoms with E-state index in [1.807, 2.05) is 17.0 Å². The molecule has 1 heterocycles. The quantitative estimate of drug-likeness (QED) is 0.465. The van der Waals surface area contributed by atoms with Gasteiger partial charge in [-0.1, -0.05) is 22.0 Å². The summed E-state index contributed by atoms with van der Waals surface area (Å²) in [4.78, 5) is 18.3. The number of nitrogens with two attached hydrogens (primary N) is 1. The molecule has 6 nitrogen and oxygen atoms in total. The standard InChI is InChI=1S/C15H21BrN4O2/c16-13-4-1-3-12(11-13)14(21)18-5-2-6-19-15(17)20-7-9-22-10-8-20/h1,3-4,11H,2,5-10H2,(H2,17,19)(H,18,21). The Bertz CT molecular complexity index is 530. The summed E-state index contributed by atoms with van der Waals surface area (Å²) in [7, 11) is 0. The molecule has 7 heteroatoms. The van der Waals surface area contributed by atoms with E-state index in [1.54, 1.807) is 12.1 Å². The lowest BCUT2D eigenvalue weighted by Crippen LogP contribution is -2.44. The van der Waals surface area contributed by atoms with Gasteiger partial charge in [0.1, 0.15) is 0 Å². The van der Waals surface area contributed by atoms with Gasteiger partial charge in [-0.25, -0.2) is 0 Å². The molecule has 0 radical (unpaired) electrons. The van der Waals surface area contributed by atoms with Crippen molar-refractivity contribution in [2.45, 2.75) is 6.42 Å². The highest BCUT2D eigenvalue weighted by molar-refractivity contribution is 9.10. The maximum absolute atomic E-state index is 11.9. The number of hydrogen-bond acceptors (Lipinski definition) is 3. The number of guanidine groups is 1. The van der Waals surface area contributed by atoms with Gasteiger partial charge in [-0.2, -0.15) is 0 Å². The smallest absolute Gasteiger partial charge is 0.251 e. The van der Waals surface area contributed by atoms with Crippen molar-refractivity contribution in [3.8, 4) is 0 Å². The molecule has 0 bridgehead atoms. The van der Waals surface area contributed by atoms with Gasteiger partial charge < -0.3 is 20.7 Å². The molecule has 22 heavy (non-hydrogen) atoms. The van der Waals surface area contributed by atoms with Gasteiger partial charge in [-0.05, 0) is 24.6 Å². The third kappa shape index (κ3) is 5.31. The van der Waals surface area contributed by atoms with Crippen LogP contribution in [0.2, 0.25) is 0 Å². The predicted octanol–water partition coefficient (Wildman–Crippen LogP) is 1.22. The topological polar surface area (TPSA) is 79.9 Å². The zero-order chi connectivity index (χ0) is 15.8. The molecule has 1 aromatic rings. The normalized spacial score (nSPS) is 15.7. The minimum absolute atomic E-state index is 0.0774. The molecule has 1 amide bonds. The predicted molar refractivity (Wildman–Crippen MR) is 90.0 cm³/mol. The molecule has 1 saturated heterocycles. The first-order valence-electron chi connectivity index (χ1n) is 7.33. The van der Waals surface area contributed by atoms with Gasteiger partial charge in [-0.3, -0.25) is 9.79 Å². The second-order valence-corrected chi connectivity index (χ2v) is 5.87. The van der Waals surface area contributed by atoms with Gasteiger partial charge in [0.05, 0.1) is 13.2 Å². The largest absolute Gasteiger partial charge is 0.378 e. The van der Waals surface area contributed by atoms with Crippen molar-refractivity contribution in [3.63, 3.8) is 0 Å². The number of amides is 1. The number of carbonyl (C=O) groups excluding carboxylic acids is 1. The van der Waals surface area contributed by atoms with Gasteiger partial charge in [0.25, 0.3) is 5.91 Å². The van der Waals surface area contributed by atoms with E-state index in [-0.39, 0.29) is 5.91 Å². The van der Waals surface area contributed by atoms with Crippen LogP contribution in [-0.2, 0) is 4.74 Å². The SMILES string of the molecule is NC(=NCCCNC(=O)c1cccc(Br)c1)N1CCOCC1. The Hall–Kier alpha value is -1.60. The summed E-state index contributed by atoms with van der Waals surface area (Å²) in [5.74, 6) is 0.480. The van der Waals surface area contributed by atoms with Crippen molar-refractivity contribution in [3.05, 3.63) is 34.3 Å². The molecule has 1 aromatic carbocycles. The van der Waals surface area contributed by atoms with Crippen LogP contribution in [0.5, 0.6) is 0 Å². The van der Waals surface area contributed by atoms with Crippen molar-refractivity contribution < 1.29 is 9.53 Å². The zero-order valence-electron chi connectivity index (χ0n) is 12.4. The number of nitrogens with zero attached hydrogens (tertiary/aromatic N) is 2. The lowest BCUT2D eigenvalue weighted by Gasteiger charge is -2.27. The highest BCUT2D eigenvalue weighted by atomic mass is 79.9. The summed E-state index contributed by atoms with van der Waals surface area (Å²) in [6, 6.07) is 7.31. The van der Waals surface area contributed by atoms with E-state index in [2.05, 4.69) is 26.2 Å². The van der Waals surface area contributed by atoms with Gasteiger partial charge in [0.2, 0.25) is 0 Å². The van der Waals surface area contributed by atoms with E-state index in [0.717, 1.165) is 24.0 Å². The van der Waals surface area contributed by atoms with Crippen LogP contribution in [0.1, 0.15) is 16.8 Å². The van der Waals surface area contributed by atoms with E-state index in [0.29, 0.717) is 37.8 Å². The van der Waals surface area contributed by atoms with Crippen molar-refractivity contribution in [2.24, 2.45) is 10.7 Å². The summed E-state index contributed by atoms with van der Waals surface area (Å²) < 4.78 is 6.16. The third-order valence-corrected chi connectivity index (χ3v) is 3.81.